The van der Waals surface area contributed by atoms with Crippen LogP contribution in [0.2, 0.25) is 0 Å². The van der Waals surface area contributed by atoms with Crippen molar-refractivity contribution in [2.45, 2.75) is 13.8 Å². The highest BCUT2D eigenvalue weighted by atomic mass is 32.9. The zero-order valence-electron chi connectivity index (χ0n) is 5.49. The summed E-state index contributed by atoms with van der Waals surface area (Å²) in [6.45, 7) is 4.79. The van der Waals surface area contributed by atoms with E-state index in [2.05, 4.69) is 0 Å². The van der Waals surface area contributed by atoms with Crippen LogP contribution in [0.15, 0.2) is 0 Å². The second kappa shape index (κ2) is 4.69. The molecule has 0 saturated heterocycles. The van der Waals surface area contributed by atoms with E-state index < -0.39 is 5.69 Å². The summed E-state index contributed by atoms with van der Waals surface area (Å²) in [6, 6.07) is 0. The first-order valence-electron chi connectivity index (χ1n) is 2.72. The van der Waals surface area contributed by atoms with Crippen molar-refractivity contribution < 1.29 is 9.05 Å². The minimum atomic E-state index is -2.28. The molecule has 9 heavy (non-hydrogen) atoms. The molecule has 2 nitrogen and oxygen atoms in total. The summed E-state index contributed by atoms with van der Waals surface area (Å²) in [5, 5.41) is 0. The summed E-state index contributed by atoms with van der Waals surface area (Å²) in [7, 11) is 0. The third kappa shape index (κ3) is 5.37. The average molecular weight is 185 g/mol. The van der Waals surface area contributed by atoms with Crippen LogP contribution in [-0.4, -0.2) is 13.2 Å². The van der Waals surface area contributed by atoms with Gasteiger partial charge in [0.2, 0.25) is 0 Å². The van der Waals surface area contributed by atoms with Crippen LogP contribution in [0.1, 0.15) is 13.8 Å². The highest BCUT2D eigenvalue weighted by Crippen LogP contribution is 2.52. The molecule has 55 valence electrons. The number of rotatable bonds is 4. The van der Waals surface area contributed by atoms with E-state index in [1.165, 1.54) is 0 Å². The minimum Gasteiger partial charge on any atom is -0.321 e. The standard InChI is InChI=1S/C4H10O2PS2/c1-3-5-7(8,9)6-4-2/h3-4H2,1-2H3. The normalized spacial score (nSPS) is 11.9. The van der Waals surface area contributed by atoms with E-state index in [9.17, 15) is 0 Å². The van der Waals surface area contributed by atoms with Gasteiger partial charge in [0.1, 0.15) is 0 Å². The molecule has 5 heteroatoms. The predicted octanol–water partition coefficient (Wildman–Crippen LogP) is 2.48. The van der Waals surface area contributed by atoms with Crippen molar-refractivity contribution >= 4 is 29.7 Å². The third-order valence-corrected chi connectivity index (χ3v) is 2.99. The van der Waals surface area contributed by atoms with Crippen molar-refractivity contribution in [1.82, 2.24) is 0 Å². The molecule has 0 spiro atoms. The molecule has 0 fully saturated rings. The Labute approximate surface area is 66.3 Å². The topological polar surface area (TPSA) is 18.5 Å². The van der Waals surface area contributed by atoms with Gasteiger partial charge in [-0.3, -0.25) is 0 Å². The highest BCUT2D eigenvalue weighted by molar-refractivity contribution is 8.60. The van der Waals surface area contributed by atoms with Gasteiger partial charge in [0, 0.05) is 12.2 Å². The van der Waals surface area contributed by atoms with Gasteiger partial charge in [-0.05, 0) is 25.7 Å². The molecule has 0 N–H and O–H groups in total. The van der Waals surface area contributed by atoms with Crippen molar-refractivity contribution in [2.75, 3.05) is 13.2 Å². The lowest BCUT2D eigenvalue weighted by Crippen LogP contribution is -1.88. The molecule has 0 aromatic carbocycles. The molecule has 0 rings (SSSR count). The molecule has 0 aliphatic rings. The Kier molecular flexibility index (Phi) is 5.17. The van der Waals surface area contributed by atoms with Crippen LogP contribution >= 0.6 is 17.9 Å². The number of hydrogen-bond donors (Lipinski definition) is 0. The molecular formula is C4H10O2PS2. The van der Waals surface area contributed by atoms with Crippen LogP contribution in [0.3, 0.4) is 0 Å². The van der Waals surface area contributed by atoms with Crippen molar-refractivity contribution in [2.24, 2.45) is 0 Å². The fourth-order valence-electron chi connectivity index (χ4n) is 0.353. The van der Waals surface area contributed by atoms with E-state index in [1.54, 1.807) is 0 Å². The summed E-state index contributed by atoms with van der Waals surface area (Å²) in [5.41, 5.74) is -2.28. The highest BCUT2D eigenvalue weighted by Gasteiger charge is 2.10. The summed E-state index contributed by atoms with van der Waals surface area (Å²) >= 11 is 9.65. The third-order valence-electron chi connectivity index (χ3n) is 0.574. The maximum atomic E-state index is 4.99. The molecule has 0 aliphatic heterocycles. The Morgan fingerprint density at radius 3 is 1.78 bits per heavy atom. The Bertz CT molecular complexity index is 107. The largest absolute Gasteiger partial charge is 0.321 e. The van der Waals surface area contributed by atoms with Crippen molar-refractivity contribution in [3.05, 3.63) is 0 Å². The van der Waals surface area contributed by atoms with Gasteiger partial charge in [-0.25, -0.2) is 0 Å². The lowest BCUT2D eigenvalue weighted by atomic mass is 10.9. The fraction of sp³-hybridized carbons (Fsp3) is 1.00. The quantitative estimate of drug-likeness (QED) is 0.627. The van der Waals surface area contributed by atoms with Crippen LogP contribution in [-0.2, 0) is 20.9 Å². The first kappa shape index (κ1) is 9.92. The summed E-state index contributed by atoms with van der Waals surface area (Å²) in [5.74, 6) is 0. The SMILES string of the molecule is CCOP([S])(=S)OCC. The lowest BCUT2D eigenvalue weighted by molar-refractivity contribution is 0.281. The Morgan fingerprint density at radius 1 is 1.22 bits per heavy atom. The smallest absolute Gasteiger partial charge is 0.258 e. The molecule has 0 bridgehead atoms. The van der Waals surface area contributed by atoms with Gasteiger partial charge < -0.3 is 9.05 Å². The lowest BCUT2D eigenvalue weighted by Gasteiger charge is -2.11. The van der Waals surface area contributed by atoms with E-state index in [0.29, 0.717) is 13.2 Å². The Morgan fingerprint density at radius 2 is 1.56 bits per heavy atom. The second-order valence-corrected chi connectivity index (χ2v) is 6.27. The first-order valence-corrected chi connectivity index (χ1v) is 6.37. The molecule has 0 saturated carbocycles. The van der Waals surface area contributed by atoms with E-state index in [0.717, 1.165) is 0 Å². The maximum absolute atomic E-state index is 4.99. The fourth-order valence-corrected chi connectivity index (χ4v) is 2.33. The van der Waals surface area contributed by atoms with Gasteiger partial charge in [-0.15, -0.1) is 0 Å². The molecule has 0 aliphatic carbocycles. The molecule has 0 atom stereocenters. The van der Waals surface area contributed by atoms with Crippen LogP contribution in [0, 0.1) is 0 Å². The molecule has 0 aromatic rings. The van der Waals surface area contributed by atoms with Gasteiger partial charge in [-0.1, -0.05) is 0 Å². The molecule has 1 radical (unpaired) electrons. The van der Waals surface area contributed by atoms with Crippen molar-refractivity contribution in [1.29, 1.82) is 0 Å². The predicted molar refractivity (Wildman–Crippen MR) is 45.1 cm³/mol. The van der Waals surface area contributed by atoms with Gasteiger partial charge in [-0.2, -0.15) is 0 Å². The molecular weight excluding hydrogens is 175 g/mol. The molecule has 0 amide bonds. The van der Waals surface area contributed by atoms with Crippen LogP contribution in [0.5, 0.6) is 0 Å². The second-order valence-electron chi connectivity index (χ2n) is 1.28. The summed E-state index contributed by atoms with van der Waals surface area (Å²) < 4.78 is 9.98. The van der Waals surface area contributed by atoms with Gasteiger partial charge in [0.15, 0.2) is 0 Å². The van der Waals surface area contributed by atoms with Gasteiger partial charge in [0.25, 0.3) is 5.69 Å². The van der Waals surface area contributed by atoms with E-state index in [4.69, 9.17) is 33.1 Å². The zero-order chi connectivity index (χ0) is 7.33. The maximum Gasteiger partial charge on any atom is 0.258 e. The van der Waals surface area contributed by atoms with E-state index in [1.807, 2.05) is 13.8 Å². The first-order chi connectivity index (χ1) is 4.12. The molecule has 0 aromatic heterocycles. The molecule has 0 unspecified atom stereocenters. The summed E-state index contributed by atoms with van der Waals surface area (Å²) in [6.07, 6.45) is 0. The zero-order valence-corrected chi connectivity index (χ0v) is 8.02. The Hall–Kier alpha value is 0.920. The van der Waals surface area contributed by atoms with E-state index >= 15 is 0 Å². The van der Waals surface area contributed by atoms with Crippen LogP contribution < -0.4 is 0 Å². The monoisotopic (exact) mass is 185 g/mol. The van der Waals surface area contributed by atoms with Crippen LogP contribution in [0.25, 0.3) is 0 Å². The van der Waals surface area contributed by atoms with E-state index in [-0.39, 0.29) is 0 Å². The average Bonchev–Trinajstić information content (AvgIpc) is 1.64. The minimum absolute atomic E-state index is 0.542. The van der Waals surface area contributed by atoms with Gasteiger partial charge >= 0.3 is 0 Å². The van der Waals surface area contributed by atoms with Crippen molar-refractivity contribution in [3.8, 4) is 0 Å². The van der Waals surface area contributed by atoms with Crippen LogP contribution in [0.4, 0.5) is 0 Å². The van der Waals surface area contributed by atoms with Crippen molar-refractivity contribution in [3.63, 3.8) is 0 Å². The summed E-state index contributed by atoms with van der Waals surface area (Å²) in [4.78, 5) is 0. The Balaban J connectivity index is 3.58. The van der Waals surface area contributed by atoms with Gasteiger partial charge in [0.05, 0.1) is 13.2 Å². The molecule has 0 heterocycles. The number of hydrogen-bond acceptors (Lipinski definition) is 3.